The van der Waals surface area contributed by atoms with Crippen molar-refractivity contribution in [3.05, 3.63) is 59.7 Å². The molecule has 4 N–H and O–H groups in total. The second kappa shape index (κ2) is 7.03. The molecule has 130 valence electrons. The number of carbonyl (C=O) groups excluding carboxylic acids is 1. The van der Waals surface area contributed by atoms with Crippen molar-refractivity contribution in [3.8, 4) is 0 Å². The summed E-state index contributed by atoms with van der Waals surface area (Å²) in [5.41, 5.74) is 8.63. The highest BCUT2D eigenvalue weighted by atomic mass is 19.1. The lowest BCUT2D eigenvalue weighted by atomic mass is 10.0. The molecular formula is C19H21FN4O. The van der Waals surface area contributed by atoms with Gasteiger partial charge in [-0.2, -0.15) is 0 Å². The van der Waals surface area contributed by atoms with Crippen molar-refractivity contribution >= 4 is 22.6 Å². The number of rotatable bonds is 5. The summed E-state index contributed by atoms with van der Waals surface area (Å²) in [5.74, 6) is 0.254. The van der Waals surface area contributed by atoms with Gasteiger partial charge in [0.25, 0.3) is 0 Å². The normalized spacial score (nSPS) is 12.5. The van der Waals surface area contributed by atoms with Crippen LogP contribution >= 0.6 is 0 Å². The van der Waals surface area contributed by atoms with Gasteiger partial charge in [-0.1, -0.05) is 32.0 Å². The highest BCUT2D eigenvalue weighted by Crippen LogP contribution is 2.20. The summed E-state index contributed by atoms with van der Waals surface area (Å²) >= 11 is 0. The molecule has 3 aromatic rings. The number of carbonyl (C=O) groups is 1. The average molecular weight is 340 g/mol. The molecule has 0 fully saturated rings. The molecule has 1 heterocycles. The van der Waals surface area contributed by atoms with Gasteiger partial charge in [-0.25, -0.2) is 9.37 Å². The first-order chi connectivity index (χ1) is 11.9. The number of anilines is 1. The molecule has 0 aliphatic heterocycles. The van der Waals surface area contributed by atoms with Crippen LogP contribution in [0, 0.1) is 11.7 Å². The number of benzene rings is 2. The van der Waals surface area contributed by atoms with Gasteiger partial charge in [0.05, 0.1) is 17.1 Å². The standard InChI is InChI=1S/C19H21FN4O/c1-11(2)18(21)19(25)22-13-7-8-15-16(10-13)24-17(23-15)9-12-5-3-4-6-14(12)20/h3-8,10-11,18H,9,21H2,1-2H3,(H,22,25)(H,23,24)/t18-/m0/s1. The van der Waals surface area contributed by atoms with Gasteiger partial charge in [0.2, 0.25) is 5.91 Å². The summed E-state index contributed by atoms with van der Waals surface area (Å²) in [6.07, 6.45) is 0.376. The Kier molecular flexibility index (Phi) is 4.81. The highest BCUT2D eigenvalue weighted by Gasteiger charge is 2.17. The van der Waals surface area contributed by atoms with Gasteiger partial charge in [-0.15, -0.1) is 0 Å². The van der Waals surface area contributed by atoms with Gasteiger partial charge in [0.15, 0.2) is 0 Å². The number of amides is 1. The molecule has 0 unspecified atom stereocenters. The van der Waals surface area contributed by atoms with Crippen molar-refractivity contribution in [2.45, 2.75) is 26.3 Å². The Hall–Kier alpha value is -2.73. The lowest BCUT2D eigenvalue weighted by Gasteiger charge is -2.15. The lowest BCUT2D eigenvalue weighted by Crippen LogP contribution is -2.39. The minimum Gasteiger partial charge on any atom is -0.342 e. The largest absolute Gasteiger partial charge is 0.342 e. The molecule has 0 saturated carbocycles. The number of hydrogen-bond acceptors (Lipinski definition) is 3. The van der Waals surface area contributed by atoms with Crippen LogP contribution in [0.25, 0.3) is 11.0 Å². The molecule has 3 rings (SSSR count). The fourth-order valence-electron chi connectivity index (χ4n) is 2.57. The number of aromatic amines is 1. The van der Waals surface area contributed by atoms with E-state index in [0.717, 1.165) is 11.0 Å². The number of nitrogens with one attached hydrogen (secondary N) is 2. The van der Waals surface area contributed by atoms with E-state index >= 15 is 0 Å². The molecule has 25 heavy (non-hydrogen) atoms. The first kappa shape index (κ1) is 17.1. The third kappa shape index (κ3) is 3.85. The van der Waals surface area contributed by atoms with E-state index in [1.165, 1.54) is 6.07 Å². The SMILES string of the molecule is CC(C)[C@H](N)C(=O)Nc1ccc2nc(Cc3ccccc3F)[nH]c2c1. The Morgan fingerprint density at radius 2 is 2.04 bits per heavy atom. The van der Waals surface area contributed by atoms with Crippen LogP contribution in [0.3, 0.4) is 0 Å². The first-order valence-corrected chi connectivity index (χ1v) is 8.22. The van der Waals surface area contributed by atoms with Crippen LogP contribution in [0.15, 0.2) is 42.5 Å². The van der Waals surface area contributed by atoms with Crippen LogP contribution in [0.5, 0.6) is 0 Å². The molecule has 0 aliphatic rings. The fraction of sp³-hybridized carbons (Fsp3) is 0.263. The smallest absolute Gasteiger partial charge is 0.241 e. The number of hydrogen-bond donors (Lipinski definition) is 3. The van der Waals surface area contributed by atoms with E-state index in [1.54, 1.807) is 30.3 Å². The molecule has 0 spiro atoms. The summed E-state index contributed by atoms with van der Waals surface area (Å²) in [6, 6.07) is 11.5. The van der Waals surface area contributed by atoms with E-state index in [9.17, 15) is 9.18 Å². The molecule has 0 bridgehead atoms. The molecule has 5 nitrogen and oxygen atoms in total. The topological polar surface area (TPSA) is 83.8 Å². The van der Waals surface area contributed by atoms with E-state index in [2.05, 4.69) is 15.3 Å². The Bertz CT molecular complexity index is 903. The molecule has 2 aromatic carbocycles. The quantitative estimate of drug-likeness (QED) is 0.667. The van der Waals surface area contributed by atoms with E-state index < -0.39 is 6.04 Å². The maximum Gasteiger partial charge on any atom is 0.241 e. The predicted octanol–water partition coefficient (Wildman–Crippen LogP) is 3.21. The second-order valence-electron chi connectivity index (χ2n) is 6.44. The maximum atomic E-state index is 13.8. The van der Waals surface area contributed by atoms with Gasteiger partial charge < -0.3 is 16.0 Å². The van der Waals surface area contributed by atoms with Crippen LogP contribution in [0.2, 0.25) is 0 Å². The summed E-state index contributed by atoms with van der Waals surface area (Å²) < 4.78 is 13.8. The highest BCUT2D eigenvalue weighted by molar-refractivity contribution is 5.96. The molecule has 0 radical (unpaired) electrons. The van der Waals surface area contributed by atoms with Gasteiger partial charge in [0.1, 0.15) is 11.6 Å². The van der Waals surface area contributed by atoms with Gasteiger partial charge in [-0.05, 0) is 35.7 Å². The third-order valence-electron chi connectivity index (χ3n) is 4.14. The van der Waals surface area contributed by atoms with Crippen molar-refractivity contribution < 1.29 is 9.18 Å². The predicted molar refractivity (Wildman–Crippen MR) is 96.7 cm³/mol. The van der Waals surface area contributed by atoms with E-state index in [4.69, 9.17) is 5.73 Å². The molecular weight excluding hydrogens is 319 g/mol. The van der Waals surface area contributed by atoms with E-state index in [0.29, 0.717) is 23.5 Å². The van der Waals surface area contributed by atoms with Gasteiger partial charge in [0, 0.05) is 12.1 Å². The van der Waals surface area contributed by atoms with Crippen LogP contribution in [-0.4, -0.2) is 21.9 Å². The molecule has 1 atom stereocenters. The number of halogens is 1. The molecule has 0 saturated heterocycles. The average Bonchev–Trinajstić information content (AvgIpc) is 2.97. The number of nitrogens with two attached hydrogens (primary N) is 1. The van der Waals surface area contributed by atoms with Crippen molar-refractivity contribution in [2.24, 2.45) is 11.7 Å². The van der Waals surface area contributed by atoms with Crippen molar-refractivity contribution in [3.63, 3.8) is 0 Å². The fourth-order valence-corrected chi connectivity index (χ4v) is 2.57. The summed E-state index contributed by atoms with van der Waals surface area (Å²) in [7, 11) is 0. The third-order valence-corrected chi connectivity index (χ3v) is 4.14. The zero-order chi connectivity index (χ0) is 18.0. The van der Waals surface area contributed by atoms with Crippen molar-refractivity contribution in [2.75, 3.05) is 5.32 Å². The zero-order valence-electron chi connectivity index (χ0n) is 14.2. The number of aromatic nitrogens is 2. The Balaban J connectivity index is 1.80. The number of nitrogens with zero attached hydrogens (tertiary/aromatic N) is 1. The summed E-state index contributed by atoms with van der Waals surface area (Å²) in [5, 5.41) is 2.81. The summed E-state index contributed by atoms with van der Waals surface area (Å²) in [6.45, 7) is 3.80. The molecule has 1 aromatic heterocycles. The second-order valence-corrected chi connectivity index (χ2v) is 6.44. The maximum absolute atomic E-state index is 13.8. The molecule has 0 aliphatic carbocycles. The lowest BCUT2D eigenvalue weighted by molar-refractivity contribution is -0.118. The van der Waals surface area contributed by atoms with Crippen LogP contribution < -0.4 is 11.1 Å². The number of imidazole rings is 1. The minimum absolute atomic E-state index is 0.0586. The van der Waals surface area contributed by atoms with Crippen LogP contribution in [0.4, 0.5) is 10.1 Å². The Morgan fingerprint density at radius 1 is 1.28 bits per heavy atom. The minimum atomic E-state index is -0.561. The van der Waals surface area contributed by atoms with Crippen molar-refractivity contribution in [1.82, 2.24) is 9.97 Å². The first-order valence-electron chi connectivity index (χ1n) is 8.22. The Morgan fingerprint density at radius 3 is 2.76 bits per heavy atom. The number of H-pyrrole nitrogens is 1. The van der Waals surface area contributed by atoms with Crippen molar-refractivity contribution in [1.29, 1.82) is 0 Å². The molecule has 1 amide bonds. The van der Waals surface area contributed by atoms with E-state index in [1.807, 2.05) is 19.9 Å². The van der Waals surface area contributed by atoms with Crippen LogP contribution in [0.1, 0.15) is 25.2 Å². The molecule has 6 heteroatoms. The Labute approximate surface area is 145 Å². The van der Waals surface area contributed by atoms with E-state index in [-0.39, 0.29) is 17.6 Å². The monoisotopic (exact) mass is 340 g/mol. The van der Waals surface area contributed by atoms with Gasteiger partial charge >= 0.3 is 0 Å². The van der Waals surface area contributed by atoms with Gasteiger partial charge in [-0.3, -0.25) is 4.79 Å². The summed E-state index contributed by atoms with van der Waals surface area (Å²) in [4.78, 5) is 19.7. The van der Waals surface area contributed by atoms with Crippen LogP contribution in [-0.2, 0) is 11.2 Å². The number of fused-ring (bicyclic) bond motifs is 1. The zero-order valence-corrected chi connectivity index (χ0v) is 14.2.